The fraction of sp³-hybridized carbons (Fsp3) is 0.368. The van der Waals surface area contributed by atoms with Gasteiger partial charge in [0.15, 0.2) is 0 Å². The molecule has 1 aliphatic heterocycles. The molecule has 0 bridgehead atoms. The summed E-state index contributed by atoms with van der Waals surface area (Å²) in [4.78, 5) is 0. The Labute approximate surface area is 131 Å². The van der Waals surface area contributed by atoms with Crippen molar-refractivity contribution < 1.29 is 0 Å². The van der Waals surface area contributed by atoms with Gasteiger partial charge < -0.3 is 5.32 Å². The highest BCUT2D eigenvalue weighted by molar-refractivity contribution is 6.30. The lowest BCUT2D eigenvalue weighted by atomic mass is 9.76. The molecular weight excluding hydrogens is 278 g/mol. The van der Waals surface area contributed by atoms with Crippen molar-refractivity contribution in [2.45, 2.75) is 45.1 Å². The van der Waals surface area contributed by atoms with E-state index in [1.807, 2.05) is 6.07 Å². The molecule has 21 heavy (non-hydrogen) atoms. The topological polar surface area (TPSA) is 12.0 Å². The molecule has 108 valence electrons. The minimum absolute atomic E-state index is 0.0606. The van der Waals surface area contributed by atoms with Gasteiger partial charge in [0.2, 0.25) is 0 Å². The maximum atomic E-state index is 6.14. The van der Waals surface area contributed by atoms with E-state index in [4.69, 9.17) is 11.6 Å². The van der Waals surface area contributed by atoms with Gasteiger partial charge >= 0.3 is 0 Å². The molecule has 1 aromatic carbocycles. The largest absolute Gasteiger partial charge is 0.379 e. The van der Waals surface area contributed by atoms with E-state index in [0.29, 0.717) is 5.92 Å². The Kier molecular flexibility index (Phi) is 2.68. The summed E-state index contributed by atoms with van der Waals surface area (Å²) >= 11 is 6.14. The Morgan fingerprint density at radius 3 is 2.90 bits per heavy atom. The summed E-state index contributed by atoms with van der Waals surface area (Å²) in [6, 6.07) is 6.32. The number of benzene rings is 1. The lowest BCUT2D eigenvalue weighted by Gasteiger charge is -2.38. The molecule has 0 saturated heterocycles. The fourth-order valence-electron chi connectivity index (χ4n) is 4.11. The monoisotopic (exact) mass is 297 g/mol. The summed E-state index contributed by atoms with van der Waals surface area (Å²) in [6.07, 6.45) is 6.86. The number of dihydropyridines is 1. The normalized spacial score (nSPS) is 25.4. The molecule has 0 amide bonds. The third kappa shape index (κ3) is 2.06. The predicted octanol–water partition coefficient (Wildman–Crippen LogP) is 5.20. The van der Waals surface area contributed by atoms with Crippen LogP contribution >= 0.6 is 11.6 Å². The summed E-state index contributed by atoms with van der Waals surface area (Å²) in [5.41, 5.74) is 8.71. The minimum atomic E-state index is 0.0606. The van der Waals surface area contributed by atoms with Gasteiger partial charge in [0.1, 0.15) is 0 Å². The summed E-state index contributed by atoms with van der Waals surface area (Å²) < 4.78 is 0. The van der Waals surface area contributed by atoms with Crippen LogP contribution in [-0.4, -0.2) is 5.54 Å². The first kappa shape index (κ1) is 13.2. The Bertz CT molecular complexity index is 734. The van der Waals surface area contributed by atoms with Crippen LogP contribution in [0.1, 0.15) is 50.7 Å². The zero-order chi connectivity index (χ0) is 14.8. The van der Waals surface area contributed by atoms with Crippen molar-refractivity contribution in [2.75, 3.05) is 0 Å². The second-order valence-electron chi connectivity index (χ2n) is 7.06. The fourth-order valence-corrected chi connectivity index (χ4v) is 4.29. The van der Waals surface area contributed by atoms with Crippen molar-refractivity contribution in [2.24, 2.45) is 0 Å². The van der Waals surface area contributed by atoms with Crippen molar-refractivity contribution in [1.82, 2.24) is 5.32 Å². The average Bonchev–Trinajstić information content (AvgIpc) is 2.71. The van der Waals surface area contributed by atoms with E-state index in [1.54, 1.807) is 0 Å². The van der Waals surface area contributed by atoms with Crippen LogP contribution in [-0.2, 0) is 0 Å². The summed E-state index contributed by atoms with van der Waals surface area (Å²) in [7, 11) is 0. The van der Waals surface area contributed by atoms with E-state index in [2.05, 4.69) is 50.4 Å². The molecule has 1 nitrogen and oxygen atoms in total. The maximum absolute atomic E-state index is 6.14. The van der Waals surface area contributed by atoms with Gasteiger partial charge in [-0.25, -0.2) is 0 Å². The molecule has 4 rings (SSSR count). The second kappa shape index (κ2) is 4.27. The van der Waals surface area contributed by atoms with E-state index in [1.165, 1.54) is 33.5 Å². The third-order valence-corrected chi connectivity index (χ3v) is 5.13. The van der Waals surface area contributed by atoms with Crippen LogP contribution in [0, 0.1) is 0 Å². The Hall–Kier alpha value is -1.47. The second-order valence-corrected chi connectivity index (χ2v) is 7.49. The van der Waals surface area contributed by atoms with Crippen LogP contribution in [0.3, 0.4) is 0 Å². The van der Waals surface area contributed by atoms with E-state index in [0.717, 1.165) is 17.9 Å². The van der Waals surface area contributed by atoms with Crippen molar-refractivity contribution in [3.05, 3.63) is 62.8 Å². The number of allylic oxidation sites excluding steroid dienone is 3. The summed E-state index contributed by atoms with van der Waals surface area (Å²) in [6.45, 7) is 6.73. The van der Waals surface area contributed by atoms with E-state index in [9.17, 15) is 0 Å². The summed E-state index contributed by atoms with van der Waals surface area (Å²) in [5, 5.41) is 4.54. The standard InChI is InChI=1S/C19H20ClN/c1-11-10-19(2,3)21-18-8-13-6-12-7-14(20)4-5-15(12)17(13)9-16(11)18/h4-7,10,17,21H,8-9H2,1-3H3. The van der Waals surface area contributed by atoms with Crippen molar-refractivity contribution >= 4 is 17.7 Å². The quantitative estimate of drug-likeness (QED) is 0.694. The molecule has 2 heteroatoms. The first-order valence-electron chi connectivity index (χ1n) is 7.63. The van der Waals surface area contributed by atoms with Crippen LogP contribution in [0.5, 0.6) is 0 Å². The van der Waals surface area contributed by atoms with E-state index < -0.39 is 0 Å². The highest BCUT2D eigenvalue weighted by Crippen LogP contribution is 2.49. The van der Waals surface area contributed by atoms with E-state index in [-0.39, 0.29) is 5.54 Å². The Balaban J connectivity index is 1.76. The third-order valence-electron chi connectivity index (χ3n) is 4.89. The van der Waals surface area contributed by atoms with Gasteiger partial charge in [0.25, 0.3) is 0 Å². The minimum Gasteiger partial charge on any atom is -0.379 e. The molecule has 0 fully saturated rings. The SMILES string of the molecule is CC1=CC(C)(C)NC2=C1CC1C(=Cc3cc(Cl)ccc31)C2. The number of fused-ring (bicyclic) bond motifs is 3. The van der Waals surface area contributed by atoms with Gasteiger partial charge in [-0.05, 0) is 61.6 Å². The van der Waals surface area contributed by atoms with Crippen molar-refractivity contribution in [3.8, 4) is 0 Å². The Morgan fingerprint density at radius 2 is 2.10 bits per heavy atom. The Morgan fingerprint density at radius 1 is 1.29 bits per heavy atom. The first-order valence-corrected chi connectivity index (χ1v) is 8.01. The molecule has 0 radical (unpaired) electrons. The molecule has 1 unspecified atom stereocenters. The zero-order valence-electron chi connectivity index (χ0n) is 12.8. The molecule has 2 aliphatic carbocycles. The van der Waals surface area contributed by atoms with Gasteiger partial charge in [0.05, 0.1) is 5.54 Å². The predicted molar refractivity (Wildman–Crippen MR) is 89.4 cm³/mol. The van der Waals surface area contributed by atoms with Crippen LogP contribution in [0.15, 0.2) is 46.7 Å². The highest BCUT2D eigenvalue weighted by atomic mass is 35.5. The van der Waals surface area contributed by atoms with Crippen molar-refractivity contribution in [1.29, 1.82) is 0 Å². The van der Waals surface area contributed by atoms with Gasteiger partial charge in [-0.2, -0.15) is 0 Å². The molecule has 1 N–H and O–H groups in total. The highest BCUT2D eigenvalue weighted by Gasteiger charge is 2.35. The van der Waals surface area contributed by atoms with Crippen LogP contribution in [0.25, 0.3) is 6.08 Å². The first-order chi connectivity index (χ1) is 9.93. The van der Waals surface area contributed by atoms with Crippen molar-refractivity contribution in [3.63, 3.8) is 0 Å². The van der Waals surface area contributed by atoms with Gasteiger partial charge in [-0.15, -0.1) is 0 Å². The molecule has 1 heterocycles. The molecular formula is C19H20ClN. The molecule has 0 aromatic heterocycles. The number of hydrogen-bond acceptors (Lipinski definition) is 1. The number of hydrogen-bond donors (Lipinski definition) is 1. The lowest BCUT2D eigenvalue weighted by molar-refractivity contribution is 0.491. The molecule has 0 saturated carbocycles. The molecule has 1 atom stereocenters. The molecule has 1 aromatic rings. The number of rotatable bonds is 0. The van der Waals surface area contributed by atoms with Crippen LogP contribution < -0.4 is 5.32 Å². The average molecular weight is 298 g/mol. The zero-order valence-corrected chi connectivity index (χ0v) is 13.5. The van der Waals surface area contributed by atoms with Gasteiger partial charge in [-0.3, -0.25) is 0 Å². The lowest BCUT2D eigenvalue weighted by Crippen LogP contribution is -2.41. The molecule has 3 aliphatic rings. The van der Waals surface area contributed by atoms with Gasteiger partial charge in [-0.1, -0.05) is 35.4 Å². The summed E-state index contributed by atoms with van der Waals surface area (Å²) in [5.74, 6) is 0.544. The molecule has 0 spiro atoms. The van der Waals surface area contributed by atoms with E-state index >= 15 is 0 Å². The number of nitrogens with one attached hydrogen (secondary N) is 1. The smallest absolute Gasteiger partial charge is 0.0502 e. The maximum Gasteiger partial charge on any atom is 0.0502 e. The van der Waals surface area contributed by atoms with Crippen LogP contribution in [0.2, 0.25) is 5.02 Å². The van der Waals surface area contributed by atoms with Crippen LogP contribution in [0.4, 0.5) is 0 Å². The number of halogens is 1. The van der Waals surface area contributed by atoms with Gasteiger partial charge in [0, 0.05) is 23.1 Å².